The third-order valence-corrected chi connectivity index (χ3v) is 4.72. The highest BCUT2D eigenvalue weighted by atomic mass is 16.4. The SMILES string of the molecule is CC(C)(C)c1ccccc1N(CC(=O)Nc1ccc(-c2ccncc2)cc1)C(=O)O. The molecule has 0 atom stereocenters. The van der Waals surface area contributed by atoms with Crippen molar-refractivity contribution in [2.75, 3.05) is 16.8 Å². The van der Waals surface area contributed by atoms with Crippen LogP contribution in [-0.4, -0.2) is 28.6 Å². The fourth-order valence-electron chi connectivity index (χ4n) is 3.23. The highest BCUT2D eigenvalue weighted by Crippen LogP contribution is 2.32. The van der Waals surface area contributed by atoms with Gasteiger partial charge in [-0.15, -0.1) is 0 Å². The molecule has 30 heavy (non-hydrogen) atoms. The van der Waals surface area contributed by atoms with Crippen molar-refractivity contribution < 1.29 is 14.7 Å². The topological polar surface area (TPSA) is 82.5 Å². The smallest absolute Gasteiger partial charge is 0.412 e. The number of rotatable bonds is 5. The van der Waals surface area contributed by atoms with Crippen molar-refractivity contribution in [2.24, 2.45) is 0 Å². The number of carbonyl (C=O) groups is 2. The summed E-state index contributed by atoms with van der Waals surface area (Å²) in [6.45, 7) is 5.73. The number of carboxylic acid groups (broad SMARTS) is 1. The van der Waals surface area contributed by atoms with Crippen LogP contribution in [0.25, 0.3) is 11.1 Å². The monoisotopic (exact) mass is 403 g/mol. The van der Waals surface area contributed by atoms with E-state index in [0.717, 1.165) is 21.6 Å². The van der Waals surface area contributed by atoms with E-state index in [4.69, 9.17) is 0 Å². The summed E-state index contributed by atoms with van der Waals surface area (Å²) in [6.07, 6.45) is 2.27. The lowest BCUT2D eigenvalue weighted by atomic mass is 9.85. The van der Waals surface area contributed by atoms with E-state index in [1.54, 1.807) is 36.7 Å². The maximum atomic E-state index is 12.6. The second-order valence-corrected chi connectivity index (χ2v) is 8.00. The Bertz CT molecular complexity index is 1030. The van der Waals surface area contributed by atoms with Crippen LogP contribution in [-0.2, 0) is 10.2 Å². The van der Waals surface area contributed by atoms with E-state index in [9.17, 15) is 14.7 Å². The second-order valence-electron chi connectivity index (χ2n) is 8.00. The molecule has 0 unspecified atom stereocenters. The average molecular weight is 403 g/mol. The number of anilines is 2. The van der Waals surface area contributed by atoms with Crippen LogP contribution >= 0.6 is 0 Å². The van der Waals surface area contributed by atoms with E-state index in [1.807, 2.05) is 57.2 Å². The minimum Gasteiger partial charge on any atom is -0.465 e. The van der Waals surface area contributed by atoms with Gasteiger partial charge in [0.05, 0.1) is 5.69 Å². The molecule has 0 aliphatic heterocycles. The minimum absolute atomic E-state index is 0.260. The molecule has 3 aromatic rings. The highest BCUT2D eigenvalue weighted by Gasteiger charge is 2.25. The molecule has 0 fully saturated rings. The van der Waals surface area contributed by atoms with Gasteiger partial charge in [0.25, 0.3) is 0 Å². The zero-order valence-corrected chi connectivity index (χ0v) is 17.3. The van der Waals surface area contributed by atoms with Crippen LogP contribution in [0.4, 0.5) is 16.2 Å². The molecular formula is C24H25N3O3. The molecule has 1 aromatic heterocycles. The van der Waals surface area contributed by atoms with Crippen LogP contribution in [0, 0.1) is 0 Å². The lowest BCUT2D eigenvalue weighted by Gasteiger charge is -2.28. The Morgan fingerprint density at radius 3 is 2.13 bits per heavy atom. The summed E-state index contributed by atoms with van der Waals surface area (Å²) in [4.78, 5) is 29.6. The van der Waals surface area contributed by atoms with Gasteiger partial charge in [-0.3, -0.25) is 14.7 Å². The number of nitrogens with zero attached hydrogens (tertiary/aromatic N) is 2. The van der Waals surface area contributed by atoms with Crippen molar-refractivity contribution in [1.29, 1.82) is 0 Å². The van der Waals surface area contributed by atoms with E-state index >= 15 is 0 Å². The highest BCUT2D eigenvalue weighted by molar-refractivity contribution is 6.00. The van der Waals surface area contributed by atoms with Gasteiger partial charge in [-0.1, -0.05) is 51.1 Å². The number of carbonyl (C=O) groups excluding carboxylic acids is 1. The van der Waals surface area contributed by atoms with E-state index < -0.39 is 12.0 Å². The Morgan fingerprint density at radius 1 is 0.933 bits per heavy atom. The molecule has 1 heterocycles. The summed E-state index contributed by atoms with van der Waals surface area (Å²) in [5.41, 5.74) is 3.75. The fourth-order valence-corrected chi connectivity index (χ4v) is 3.23. The number of benzene rings is 2. The van der Waals surface area contributed by atoms with E-state index in [2.05, 4.69) is 10.3 Å². The number of nitrogens with one attached hydrogen (secondary N) is 1. The van der Waals surface area contributed by atoms with E-state index in [1.165, 1.54) is 0 Å². The standard InChI is InChI=1S/C24H25N3O3/c1-24(2,3)20-6-4-5-7-21(20)27(23(29)30)16-22(28)26-19-10-8-17(9-11-19)18-12-14-25-15-13-18/h4-15H,16H2,1-3H3,(H,26,28)(H,29,30). The Hall–Kier alpha value is -3.67. The van der Waals surface area contributed by atoms with Crippen LogP contribution in [0.15, 0.2) is 73.1 Å². The predicted molar refractivity (Wildman–Crippen MR) is 119 cm³/mol. The Balaban J connectivity index is 1.75. The molecule has 0 aliphatic carbocycles. The molecule has 154 valence electrons. The number of pyridine rings is 1. The molecule has 3 rings (SSSR count). The third-order valence-electron chi connectivity index (χ3n) is 4.72. The summed E-state index contributed by atoms with van der Waals surface area (Å²) in [7, 11) is 0. The first-order valence-electron chi connectivity index (χ1n) is 9.66. The fraction of sp³-hybridized carbons (Fsp3) is 0.208. The Morgan fingerprint density at radius 2 is 1.53 bits per heavy atom. The molecule has 6 heteroatoms. The van der Waals surface area contributed by atoms with Gasteiger partial charge in [-0.2, -0.15) is 0 Å². The minimum atomic E-state index is -1.17. The summed E-state index contributed by atoms with van der Waals surface area (Å²) in [5.74, 6) is -0.405. The van der Waals surface area contributed by atoms with Crippen LogP contribution in [0.2, 0.25) is 0 Å². The molecule has 6 nitrogen and oxygen atoms in total. The first-order chi connectivity index (χ1) is 14.3. The van der Waals surface area contributed by atoms with Crippen molar-refractivity contribution in [3.8, 4) is 11.1 Å². The van der Waals surface area contributed by atoms with Crippen LogP contribution in [0.1, 0.15) is 26.3 Å². The third kappa shape index (κ3) is 5.03. The van der Waals surface area contributed by atoms with Crippen molar-refractivity contribution in [2.45, 2.75) is 26.2 Å². The van der Waals surface area contributed by atoms with Crippen LogP contribution < -0.4 is 10.2 Å². The lowest BCUT2D eigenvalue weighted by molar-refractivity contribution is -0.114. The van der Waals surface area contributed by atoms with Gasteiger partial charge in [-0.25, -0.2) is 4.79 Å². The average Bonchev–Trinajstić information content (AvgIpc) is 2.72. The lowest BCUT2D eigenvalue weighted by Crippen LogP contribution is -2.38. The van der Waals surface area contributed by atoms with Gasteiger partial charge in [0.15, 0.2) is 0 Å². The van der Waals surface area contributed by atoms with Crippen LogP contribution in [0.5, 0.6) is 0 Å². The molecular weight excluding hydrogens is 378 g/mol. The zero-order valence-electron chi connectivity index (χ0n) is 17.3. The van der Waals surface area contributed by atoms with Crippen molar-refractivity contribution in [3.63, 3.8) is 0 Å². The molecule has 0 radical (unpaired) electrons. The summed E-state index contributed by atoms with van der Waals surface area (Å²) < 4.78 is 0. The maximum Gasteiger partial charge on any atom is 0.412 e. The first kappa shape index (κ1) is 21.0. The number of aromatic nitrogens is 1. The Labute approximate surface area is 176 Å². The van der Waals surface area contributed by atoms with Gasteiger partial charge in [0.2, 0.25) is 5.91 Å². The van der Waals surface area contributed by atoms with E-state index in [0.29, 0.717) is 11.4 Å². The molecule has 0 spiro atoms. The number of hydrogen-bond donors (Lipinski definition) is 2. The number of para-hydroxylation sites is 1. The summed E-state index contributed by atoms with van der Waals surface area (Å²) >= 11 is 0. The Kier molecular flexibility index (Phi) is 6.16. The molecule has 0 aliphatic rings. The second kappa shape index (κ2) is 8.78. The molecule has 2 aromatic carbocycles. The van der Waals surface area contributed by atoms with Gasteiger partial charge in [0.1, 0.15) is 6.54 Å². The maximum absolute atomic E-state index is 12.6. The largest absolute Gasteiger partial charge is 0.465 e. The van der Waals surface area contributed by atoms with Gasteiger partial charge < -0.3 is 10.4 Å². The van der Waals surface area contributed by atoms with Crippen LogP contribution in [0.3, 0.4) is 0 Å². The van der Waals surface area contributed by atoms with Crippen molar-refractivity contribution in [3.05, 3.63) is 78.6 Å². The molecule has 0 saturated heterocycles. The number of amides is 2. The first-order valence-corrected chi connectivity index (χ1v) is 9.66. The summed E-state index contributed by atoms with van der Waals surface area (Å²) in [6, 6.07) is 18.5. The molecule has 0 saturated carbocycles. The van der Waals surface area contributed by atoms with E-state index in [-0.39, 0.29) is 12.0 Å². The molecule has 2 N–H and O–H groups in total. The predicted octanol–water partition coefficient (Wildman–Crippen LogP) is 5.17. The molecule has 2 amide bonds. The van der Waals surface area contributed by atoms with Gasteiger partial charge in [-0.05, 0) is 52.4 Å². The summed E-state index contributed by atoms with van der Waals surface area (Å²) in [5, 5.41) is 12.5. The molecule has 0 bridgehead atoms. The zero-order chi connectivity index (χ0) is 21.7. The van der Waals surface area contributed by atoms with Gasteiger partial charge in [0, 0.05) is 18.1 Å². The normalized spacial score (nSPS) is 11.0. The van der Waals surface area contributed by atoms with Gasteiger partial charge >= 0.3 is 6.09 Å². The quantitative estimate of drug-likeness (QED) is 0.616. The number of hydrogen-bond acceptors (Lipinski definition) is 3. The van der Waals surface area contributed by atoms with Crippen molar-refractivity contribution >= 4 is 23.4 Å². The van der Waals surface area contributed by atoms with Crippen molar-refractivity contribution in [1.82, 2.24) is 4.98 Å².